The summed E-state index contributed by atoms with van der Waals surface area (Å²) in [5.74, 6) is 0. The minimum atomic E-state index is 0.342. The lowest BCUT2D eigenvalue weighted by molar-refractivity contribution is 0.188. The van der Waals surface area contributed by atoms with Crippen LogP contribution in [0.2, 0.25) is 0 Å². The summed E-state index contributed by atoms with van der Waals surface area (Å²) in [6.45, 7) is 8.75. The van der Waals surface area contributed by atoms with Crippen LogP contribution in [0.5, 0.6) is 0 Å². The van der Waals surface area contributed by atoms with Crippen LogP contribution in [0.1, 0.15) is 64.5 Å². The van der Waals surface area contributed by atoms with Crippen LogP contribution >= 0.6 is 0 Å². The van der Waals surface area contributed by atoms with Gasteiger partial charge in [0.15, 0.2) is 0 Å². The molecule has 0 heterocycles. The van der Waals surface area contributed by atoms with Crippen molar-refractivity contribution in [2.75, 3.05) is 11.5 Å². The third-order valence-electron chi connectivity index (χ3n) is 4.98. The van der Waals surface area contributed by atoms with E-state index >= 15 is 0 Å². The van der Waals surface area contributed by atoms with Gasteiger partial charge in [-0.25, -0.2) is 0 Å². The van der Waals surface area contributed by atoms with Crippen LogP contribution < -0.4 is 11.5 Å². The van der Waals surface area contributed by atoms with Crippen molar-refractivity contribution in [1.29, 1.82) is 0 Å². The van der Waals surface area contributed by atoms with Crippen molar-refractivity contribution in [2.24, 2.45) is 0 Å². The molecule has 0 radical (unpaired) electrons. The van der Waals surface area contributed by atoms with Crippen molar-refractivity contribution in [1.82, 2.24) is 0 Å². The fourth-order valence-corrected chi connectivity index (χ4v) is 3.52. The van der Waals surface area contributed by atoms with Crippen LogP contribution in [-0.2, 0) is 10.8 Å². The van der Waals surface area contributed by atoms with Crippen molar-refractivity contribution in [3.8, 4) is 0 Å². The molecule has 0 unspecified atom stereocenters. The Kier molecular flexibility index (Phi) is 3.08. The number of benzene rings is 1. The largest absolute Gasteiger partial charge is 0.397 e. The Morgan fingerprint density at radius 1 is 0.778 bits per heavy atom. The van der Waals surface area contributed by atoms with E-state index < -0.39 is 0 Å². The summed E-state index contributed by atoms with van der Waals surface area (Å²) in [4.78, 5) is 0. The molecule has 0 saturated heterocycles. The van der Waals surface area contributed by atoms with Gasteiger partial charge in [-0.05, 0) is 59.8 Å². The zero-order chi connectivity index (χ0) is 13.6. The molecule has 3 aliphatic carbocycles. The molecule has 2 nitrogen and oxygen atoms in total. The average molecular weight is 246 g/mol. The molecule has 1 saturated carbocycles. The Labute approximate surface area is 111 Å². The standard InChI is InChI=1S/C14H20N2.C2H6/c1-13-3-5-14(2,6-4-13)10-8-12(16)11(15)7-9(10)13;1-2/h7-8H,3-6,15-16H2,1-2H3;1-2H3. The summed E-state index contributed by atoms with van der Waals surface area (Å²) in [6, 6.07) is 4.25. The van der Waals surface area contributed by atoms with Gasteiger partial charge in [0.2, 0.25) is 0 Å². The molecule has 1 fully saturated rings. The first-order valence-electron chi connectivity index (χ1n) is 7.15. The maximum absolute atomic E-state index is 5.95. The fraction of sp³-hybridized carbons (Fsp3) is 0.625. The van der Waals surface area contributed by atoms with Crippen molar-refractivity contribution >= 4 is 11.4 Å². The maximum Gasteiger partial charge on any atom is 0.0550 e. The zero-order valence-corrected chi connectivity index (χ0v) is 12.1. The van der Waals surface area contributed by atoms with E-state index in [2.05, 4.69) is 26.0 Å². The van der Waals surface area contributed by atoms with Gasteiger partial charge < -0.3 is 11.5 Å². The summed E-state index contributed by atoms with van der Waals surface area (Å²) in [5.41, 5.74) is 17.0. The molecule has 2 bridgehead atoms. The molecule has 3 aliphatic rings. The predicted octanol–water partition coefficient (Wildman–Crippen LogP) is 3.98. The Morgan fingerprint density at radius 3 is 1.33 bits per heavy atom. The highest BCUT2D eigenvalue weighted by Crippen LogP contribution is 2.56. The van der Waals surface area contributed by atoms with E-state index in [-0.39, 0.29) is 0 Å². The summed E-state index contributed by atoms with van der Waals surface area (Å²) < 4.78 is 0. The van der Waals surface area contributed by atoms with E-state index in [9.17, 15) is 0 Å². The minimum absolute atomic E-state index is 0.342. The number of rotatable bonds is 0. The van der Waals surface area contributed by atoms with Gasteiger partial charge >= 0.3 is 0 Å². The van der Waals surface area contributed by atoms with Crippen LogP contribution in [-0.4, -0.2) is 0 Å². The third-order valence-corrected chi connectivity index (χ3v) is 4.98. The van der Waals surface area contributed by atoms with Crippen molar-refractivity contribution in [3.05, 3.63) is 23.3 Å². The molecule has 2 heteroatoms. The lowest BCUT2D eigenvalue weighted by Gasteiger charge is -2.52. The monoisotopic (exact) mass is 246 g/mol. The highest BCUT2D eigenvalue weighted by Gasteiger charge is 2.47. The third kappa shape index (κ3) is 1.70. The van der Waals surface area contributed by atoms with Gasteiger partial charge in [0.05, 0.1) is 11.4 Å². The molecule has 0 amide bonds. The van der Waals surface area contributed by atoms with Gasteiger partial charge in [0.1, 0.15) is 0 Å². The highest BCUT2D eigenvalue weighted by molar-refractivity contribution is 5.68. The Morgan fingerprint density at radius 2 is 1.06 bits per heavy atom. The van der Waals surface area contributed by atoms with E-state index in [0.717, 1.165) is 11.4 Å². The van der Waals surface area contributed by atoms with Gasteiger partial charge in [0, 0.05) is 0 Å². The lowest BCUT2D eigenvalue weighted by atomic mass is 9.52. The number of nitrogen functional groups attached to an aromatic ring is 2. The van der Waals surface area contributed by atoms with E-state index in [0.29, 0.717) is 10.8 Å². The van der Waals surface area contributed by atoms with E-state index in [1.807, 2.05) is 13.8 Å². The SMILES string of the molecule is CC.CC12CCC(C)(CC1)c1cc(N)c(N)cc12. The van der Waals surface area contributed by atoms with Crippen molar-refractivity contribution < 1.29 is 0 Å². The molecule has 0 aromatic heterocycles. The number of anilines is 2. The molecule has 0 aliphatic heterocycles. The summed E-state index contributed by atoms with van der Waals surface area (Å²) in [6.07, 6.45) is 5.17. The number of nitrogens with two attached hydrogens (primary N) is 2. The second kappa shape index (κ2) is 4.18. The van der Waals surface area contributed by atoms with Crippen LogP contribution in [0.3, 0.4) is 0 Å². The van der Waals surface area contributed by atoms with Crippen molar-refractivity contribution in [2.45, 2.75) is 64.2 Å². The van der Waals surface area contributed by atoms with E-state index in [1.54, 1.807) is 0 Å². The van der Waals surface area contributed by atoms with E-state index in [4.69, 9.17) is 11.5 Å². The fourth-order valence-electron chi connectivity index (χ4n) is 3.52. The van der Waals surface area contributed by atoms with Crippen molar-refractivity contribution in [3.63, 3.8) is 0 Å². The minimum Gasteiger partial charge on any atom is -0.397 e. The first-order chi connectivity index (χ1) is 8.45. The first kappa shape index (κ1) is 13.3. The van der Waals surface area contributed by atoms with Gasteiger partial charge in [-0.3, -0.25) is 0 Å². The second-order valence-electron chi connectivity index (χ2n) is 6.15. The molecular formula is C16H26N2. The normalized spacial score (nSPS) is 32.4. The molecule has 100 valence electrons. The van der Waals surface area contributed by atoms with Gasteiger partial charge in [0.25, 0.3) is 0 Å². The average Bonchev–Trinajstić information content (AvgIpc) is 2.37. The van der Waals surface area contributed by atoms with Crippen LogP contribution in [0.25, 0.3) is 0 Å². The van der Waals surface area contributed by atoms with Crippen LogP contribution in [0.15, 0.2) is 12.1 Å². The quantitative estimate of drug-likeness (QED) is 0.680. The molecule has 0 spiro atoms. The Balaban J connectivity index is 0.000000574. The van der Waals surface area contributed by atoms with Crippen LogP contribution in [0.4, 0.5) is 11.4 Å². The molecule has 4 N–H and O–H groups in total. The summed E-state index contributed by atoms with van der Waals surface area (Å²) in [7, 11) is 0. The van der Waals surface area contributed by atoms with Crippen LogP contribution in [0, 0.1) is 0 Å². The van der Waals surface area contributed by atoms with Gasteiger partial charge in [-0.15, -0.1) is 0 Å². The molecule has 1 aromatic rings. The van der Waals surface area contributed by atoms with E-state index in [1.165, 1.54) is 36.8 Å². The first-order valence-corrected chi connectivity index (χ1v) is 7.15. The zero-order valence-electron chi connectivity index (χ0n) is 12.1. The number of fused-ring (bicyclic) bond motifs is 2. The summed E-state index contributed by atoms with van der Waals surface area (Å²) in [5, 5.41) is 0. The molecule has 18 heavy (non-hydrogen) atoms. The lowest BCUT2D eigenvalue weighted by Crippen LogP contribution is -2.44. The molecular weight excluding hydrogens is 220 g/mol. The Bertz CT molecular complexity index is 411. The van der Waals surface area contributed by atoms with Gasteiger partial charge in [-0.1, -0.05) is 27.7 Å². The maximum atomic E-state index is 5.95. The number of hydrogen-bond donors (Lipinski definition) is 2. The second-order valence-corrected chi connectivity index (χ2v) is 6.15. The molecule has 1 aromatic carbocycles. The highest BCUT2D eigenvalue weighted by atomic mass is 14.7. The molecule has 4 rings (SSSR count). The number of hydrogen-bond acceptors (Lipinski definition) is 2. The Hall–Kier alpha value is -1.18. The smallest absolute Gasteiger partial charge is 0.0550 e. The topological polar surface area (TPSA) is 52.0 Å². The predicted molar refractivity (Wildman–Crippen MR) is 79.8 cm³/mol. The van der Waals surface area contributed by atoms with Gasteiger partial charge in [-0.2, -0.15) is 0 Å². The summed E-state index contributed by atoms with van der Waals surface area (Å²) >= 11 is 0. The molecule has 0 atom stereocenters.